The molecule has 2 rings (SSSR count). The topological polar surface area (TPSA) is 26.0 Å². The highest BCUT2D eigenvalue weighted by atomic mass is 32.2. The summed E-state index contributed by atoms with van der Waals surface area (Å²) in [4.78, 5) is 1.51. The predicted molar refractivity (Wildman–Crippen MR) is 50.1 cm³/mol. The largest absolute Gasteiger partial charge is 0.319 e. The minimum atomic E-state index is 0.359. The van der Waals surface area contributed by atoms with Crippen molar-refractivity contribution in [1.82, 2.24) is 0 Å². The van der Waals surface area contributed by atoms with E-state index in [0.29, 0.717) is 5.37 Å². The summed E-state index contributed by atoms with van der Waals surface area (Å²) < 4.78 is 0. The molecular weight excluding hydrogens is 154 g/mol. The van der Waals surface area contributed by atoms with Crippen LogP contribution in [0.1, 0.15) is 19.3 Å². The Labute approximate surface area is 71.7 Å². The van der Waals surface area contributed by atoms with Gasteiger partial charge in [-0.05, 0) is 30.1 Å². The second-order valence-electron chi connectivity index (χ2n) is 3.16. The minimum Gasteiger partial charge on any atom is -0.319 e. The van der Waals surface area contributed by atoms with E-state index in [0.717, 1.165) is 5.92 Å². The van der Waals surface area contributed by atoms with Crippen molar-refractivity contribution in [3.63, 3.8) is 0 Å². The molecule has 1 nitrogen and oxygen atoms in total. The monoisotopic (exact) mass is 167 g/mol. The van der Waals surface area contributed by atoms with Gasteiger partial charge in [-0.15, -0.1) is 11.8 Å². The van der Waals surface area contributed by atoms with Crippen molar-refractivity contribution in [2.24, 2.45) is 11.7 Å². The molecule has 1 saturated heterocycles. The SMILES string of the molecule is NC1CC2CCC=CC=C2S1. The Hall–Kier alpha value is -0.210. The molecule has 2 unspecified atom stereocenters. The third-order valence-electron chi connectivity index (χ3n) is 2.29. The van der Waals surface area contributed by atoms with Crippen molar-refractivity contribution in [2.75, 3.05) is 0 Å². The Balaban J connectivity index is 2.16. The Kier molecular flexibility index (Phi) is 2.05. The molecule has 2 N–H and O–H groups in total. The fourth-order valence-corrected chi connectivity index (χ4v) is 2.95. The van der Waals surface area contributed by atoms with E-state index in [1.165, 1.54) is 24.2 Å². The summed E-state index contributed by atoms with van der Waals surface area (Å²) in [6, 6.07) is 0. The average Bonchev–Trinajstić information content (AvgIpc) is 2.17. The first-order chi connectivity index (χ1) is 5.36. The molecule has 2 atom stereocenters. The standard InChI is InChI=1S/C9H13NS/c10-9-6-7-4-2-1-3-5-8(7)11-9/h1,3,5,7,9H,2,4,6,10H2. The number of hydrogen-bond acceptors (Lipinski definition) is 2. The predicted octanol–water partition coefficient (Wildman–Crippen LogP) is 2.26. The van der Waals surface area contributed by atoms with Crippen LogP contribution in [-0.2, 0) is 0 Å². The van der Waals surface area contributed by atoms with Crippen LogP contribution in [-0.4, -0.2) is 5.37 Å². The van der Waals surface area contributed by atoms with E-state index in [1.54, 1.807) is 0 Å². The zero-order chi connectivity index (χ0) is 7.68. The Morgan fingerprint density at radius 2 is 2.45 bits per heavy atom. The summed E-state index contributed by atoms with van der Waals surface area (Å²) in [7, 11) is 0. The van der Waals surface area contributed by atoms with Crippen molar-refractivity contribution < 1.29 is 0 Å². The third kappa shape index (κ3) is 1.52. The van der Waals surface area contributed by atoms with E-state index in [-0.39, 0.29) is 0 Å². The molecule has 1 aliphatic heterocycles. The number of nitrogens with two attached hydrogens (primary N) is 1. The van der Waals surface area contributed by atoms with E-state index in [1.807, 2.05) is 11.8 Å². The number of thioether (sulfide) groups is 1. The van der Waals surface area contributed by atoms with Gasteiger partial charge < -0.3 is 5.73 Å². The van der Waals surface area contributed by atoms with Crippen LogP contribution in [0.2, 0.25) is 0 Å². The molecule has 60 valence electrons. The fraction of sp³-hybridized carbons (Fsp3) is 0.556. The lowest BCUT2D eigenvalue weighted by molar-refractivity contribution is 0.558. The van der Waals surface area contributed by atoms with Gasteiger partial charge in [0.05, 0.1) is 5.37 Å². The highest BCUT2D eigenvalue weighted by molar-refractivity contribution is 8.03. The van der Waals surface area contributed by atoms with Crippen LogP contribution >= 0.6 is 11.8 Å². The van der Waals surface area contributed by atoms with Crippen LogP contribution in [0.25, 0.3) is 0 Å². The zero-order valence-corrected chi connectivity index (χ0v) is 7.31. The maximum absolute atomic E-state index is 5.84. The molecule has 0 radical (unpaired) electrons. The molecule has 11 heavy (non-hydrogen) atoms. The van der Waals surface area contributed by atoms with Crippen molar-refractivity contribution in [3.8, 4) is 0 Å². The van der Waals surface area contributed by atoms with Crippen molar-refractivity contribution >= 4 is 11.8 Å². The van der Waals surface area contributed by atoms with Crippen LogP contribution in [0, 0.1) is 5.92 Å². The second kappa shape index (κ2) is 3.03. The van der Waals surface area contributed by atoms with Crippen LogP contribution in [0.3, 0.4) is 0 Å². The first kappa shape index (κ1) is 7.44. The first-order valence-corrected chi connectivity index (χ1v) is 5.03. The smallest absolute Gasteiger partial charge is 0.0557 e. The van der Waals surface area contributed by atoms with Gasteiger partial charge in [-0.25, -0.2) is 0 Å². The highest BCUT2D eigenvalue weighted by Crippen LogP contribution is 2.42. The molecule has 0 saturated carbocycles. The van der Waals surface area contributed by atoms with Gasteiger partial charge >= 0.3 is 0 Å². The molecule has 1 fully saturated rings. The van der Waals surface area contributed by atoms with Crippen molar-refractivity contribution in [1.29, 1.82) is 0 Å². The van der Waals surface area contributed by atoms with Crippen LogP contribution in [0.15, 0.2) is 23.1 Å². The summed E-state index contributed by atoms with van der Waals surface area (Å²) in [5.41, 5.74) is 5.84. The normalized spacial score (nSPS) is 36.3. The molecule has 0 spiro atoms. The van der Waals surface area contributed by atoms with E-state index in [4.69, 9.17) is 5.73 Å². The maximum atomic E-state index is 5.84. The van der Waals surface area contributed by atoms with Gasteiger partial charge in [-0.2, -0.15) is 0 Å². The van der Waals surface area contributed by atoms with Crippen molar-refractivity contribution in [3.05, 3.63) is 23.1 Å². The Bertz CT molecular complexity index is 208. The Morgan fingerprint density at radius 1 is 1.55 bits per heavy atom. The number of allylic oxidation sites excluding steroid dienone is 4. The summed E-state index contributed by atoms with van der Waals surface area (Å²) in [6.07, 6.45) is 10.3. The molecule has 0 amide bonds. The minimum absolute atomic E-state index is 0.359. The van der Waals surface area contributed by atoms with Gasteiger partial charge in [0.15, 0.2) is 0 Å². The number of hydrogen-bond donors (Lipinski definition) is 1. The van der Waals surface area contributed by atoms with Gasteiger partial charge in [0.1, 0.15) is 0 Å². The molecule has 0 aromatic heterocycles. The lowest BCUT2D eigenvalue weighted by atomic mass is 10.0. The van der Waals surface area contributed by atoms with Gasteiger partial charge in [0.25, 0.3) is 0 Å². The fourth-order valence-electron chi connectivity index (χ4n) is 1.71. The molecule has 2 aliphatic rings. The molecule has 0 aromatic carbocycles. The quantitative estimate of drug-likeness (QED) is 0.599. The molecule has 1 heterocycles. The summed E-state index contributed by atoms with van der Waals surface area (Å²) >= 11 is 1.85. The van der Waals surface area contributed by atoms with Crippen LogP contribution in [0.4, 0.5) is 0 Å². The molecule has 2 heteroatoms. The van der Waals surface area contributed by atoms with Crippen LogP contribution < -0.4 is 5.73 Å². The summed E-state index contributed by atoms with van der Waals surface area (Å²) in [5.74, 6) is 0.769. The average molecular weight is 167 g/mol. The molecule has 0 aromatic rings. The summed E-state index contributed by atoms with van der Waals surface area (Å²) in [5, 5.41) is 0.359. The molecule has 1 aliphatic carbocycles. The summed E-state index contributed by atoms with van der Waals surface area (Å²) in [6.45, 7) is 0. The lowest BCUT2D eigenvalue weighted by Crippen LogP contribution is -2.11. The first-order valence-electron chi connectivity index (χ1n) is 4.15. The van der Waals surface area contributed by atoms with Crippen LogP contribution in [0.5, 0.6) is 0 Å². The van der Waals surface area contributed by atoms with Crippen molar-refractivity contribution in [2.45, 2.75) is 24.6 Å². The molecule has 0 bridgehead atoms. The number of fused-ring (bicyclic) bond motifs is 1. The Morgan fingerprint density at radius 3 is 3.36 bits per heavy atom. The van der Waals surface area contributed by atoms with E-state index >= 15 is 0 Å². The lowest BCUT2D eigenvalue weighted by Gasteiger charge is -2.05. The van der Waals surface area contributed by atoms with E-state index < -0.39 is 0 Å². The maximum Gasteiger partial charge on any atom is 0.0557 e. The van der Waals surface area contributed by atoms with E-state index in [9.17, 15) is 0 Å². The highest BCUT2D eigenvalue weighted by Gasteiger charge is 2.27. The second-order valence-corrected chi connectivity index (χ2v) is 4.48. The number of rotatable bonds is 0. The molecular formula is C9H13NS. The van der Waals surface area contributed by atoms with Gasteiger partial charge in [-0.1, -0.05) is 18.2 Å². The van der Waals surface area contributed by atoms with Gasteiger partial charge in [0, 0.05) is 0 Å². The third-order valence-corrected chi connectivity index (χ3v) is 3.52. The zero-order valence-electron chi connectivity index (χ0n) is 6.49. The van der Waals surface area contributed by atoms with Gasteiger partial charge in [-0.3, -0.25) is 0 Å². The van der Waals surface area contributed by atoms with Gasteiger partial charge in [0.2, 0.25) is 0 Å². The van der Waals surface area contributed by atoms with E-state index in [2.05, 4.69) is 18.2 Å².